The van der Waals surface area contributed by atoms with Crippen LogP contribution in [-0.2, 0) is 9.84 Å². The molecule has 0 bridgehead atoms. The minimum Gasteiger partial charge on any atom is -0.390 e. The number of rotatable bonds is 10. The minimum absolute atomic E-state index is 0.00195. The van der Waals surface area contributed by atoms with Crippen molar-refractivity contribution in [1.82, 2.24) is 19.9 Å². The number of fused-ring (bicyclic) bond motifs is 1. The van der Waals surface area contributed by atoms with Crippen LogP contribution in [0.4, 0.5) is 11.8 Å². The molecule has 3 aromatic rings. The molecule has 0 aliphatic heterocycles. The van der Waals surface area contributed by atoms with E-state index in [2.05, 4.69) is 36.4 Å². The Bertz CT molecular complexity index is 1460. The van der Waals surface area contributed by atoms with E-state index < -0.39 is 34.0 Å². The molecule has 10 nitrogen and oxygen atoms in total. The third-order valence-corrected chi connectivity index (χ3v) is 10.8. The van der Waals surface area contributed by atoms with Gasteiger partial charge in [0.1, 0.15) is 32.3 Å². The molecule has 3 aromatic heterocycles. The highest BCUT2D eigenvalue weighted by atomic mass is 32.2. The van der Waals surface area contributed by atoms with E-state index in [1.807, 2.05) is 19.2 Å². The van der Waals surface area contributed by atoms with Crippen LogP contribution in [0.15, 0.2) is 12.3 Å². The lowest BCUT2D eigenvalue weighted by Crippen LogP contribution is -2.36. The van der Waals surface area contributed by atoms with Crippen molar-refractivity contribution >= 4 is 43.2 Å². The standard InChI is InChI=1S/C27H38N6O4S2/c1-6-39(36,37)12-17-11-18(24(35)23(17)34)31-25-20(15(5)30-27(33-25)29-14(4)13(2)3)26-32-22-19(38-26)9-10-28-21(22)16-7-8-16/h9-10,13-14,16-18,23-24,34-35H,6-8,11-12H2,1-5H3,(H2,29,30,31,33)/t14-,17-,18-,23-,24+/m1/s1. The maximum absolute atomic E-state index is 12.3. The summed E-state index contributed by atoms with van der Waals surface area (Å²) < 4.78 is 25.6. The molecule has 0 spiro atoms. The second kappa shape index (κ2) is 10.9. The van der Waals surface area contributed by atoms with Crippen LogP contribution in [0, 0.1) is 18.8 Å². The van der Waals surface area contributed by atoms with Crippen molar-refractivity contribution in [3.8, 4) is 10.6 Å². The number of nitrogens with one attached hydrogen (secondary N) is 2. The number of pyridine rings is 1. The first kappa shape index (κ1) is 28.1. The van der Waals surface area contributed by atoms with Gasteiger partial charge in [0.05, 0.1) is 39.5 Å². The Labute approximate surface area is 233 Å². The quantitative estimate of drug-likeness (QED) is 0.282. The second-order valence-electron chi connectivity index (χ2n) is 11.3. The van der Waals surface area contributed by atoms with E-state index in [0.717, 1.165) is 45.0 Å². The van der Waals surface area contributed by atoms with Crippen molar-refractivity contribution in [2.24, 2.45) is 11.8 Å². The van der Waals surface area contributed by atoms with Crippen LogP contribution < -0.4 is 10.6 Å². The Balaban J connectivity index is 1.53. The fraction of sp³-hybridized carbons (Fsp3) is 0.630. The van der Waals surface area contributed by atoms with Crippen molar-refractivity contribution in [2.75, 3.05) is 22.1 Å². The number of hydrogen-bond donors (Lipinski definition) is 4. The molecule has 2 saturated carbocycles. The van der Waals surface area contributed by atoms with E-state index >= 15 is 0 Å². The molecule has 5 atom stereocenters. The zero-order valence-corrected chi connectivity index (χ0v) is 24.7. The van der Waals surface area contributed by atoms with Gasteiger partial charge in [-0.15, -0.1) is 11.3 Å². The maximum Gasteiger partial charge on any atom is 0.225 e. The highest BCUT2D eigenvalue weighted by molar-refractivity contribution is 7.91. The smallest absolute Gasteiger partial charge is 0.225 e. The van der Waals surface area contributed by atoms with Gasteiger partial charge in [0, 0.05) is 29.8 Å². The molecule has 2 aliphatic rings. The topological polar surface area (TPSA) is 150 Å². The molecule has 0 radical (unpaired) electrons. The van der Waals surface area contributed by atoms with Crippen LogP contribution in [0.5, 0.6) is 0 Å². The lowest BCUT2D eigenvalue weighted by atomic mass is 10.1. The number of nitrogens with zero attached hydrogens (tertiary/aromatic N) is 4. The summed E-state index contributed by atoms with van der Waals surface area (Å²) in [7, 11) is -3.31. The van der Waals surface area contributed by atoms with Gasteiger partial charge in [-0.3, -0.25) is 4.98 Å². The highest BCUT2D eigenvalue weighted by Crippen LogP contribution is 2.44. The van der Waals surface area contributed by atoms with Crippen molar-refractivity contribution < 1.29 is 18.6 Å². The Morgan fingerprint density at radius 3 is 2.54 bits per heavy atom. The van der Waals surface area contributed by atoms with E-state index in [4.69, 9.17) is 15.0 Å². The second-order valence-corrected chi connectivity index (χ2v) is 14.7. The number of hydrogen-bond acceptors (Lipinski definition) is 11. The first-order valence-corrected chi connectivity index (χ1v) is 16.3. The summed E-state index contributed by atoms with van der Waals surface area (Å²) in [5, 5.41) is 29.1. The molecule has 2 fully saturated rings. The molecule has 0 amide bonds. The molecular weight excluding hydrogens is 536 g/mol. The molecule has 4 N–H and O–H groups in total. The van der Waals surface area contributed by atoms with E-state index in [1.54, 1.807) is 18.3 Å². The first-order chi connectivity index (χ1) is 18.5. The predicted molar refractivity (Wildman–Crippen MR) is 155 cm³/mol. The SMILES string of the molecule is CCS(=O)(=O)C[C@H]1C[C@@H](Nc2nc(N[C@H](C)C(C)C)nc(C)c2-c2nc3c(C4CC4)nccc3s2)[C@H](O)[C@@H]1O. The van der Waals surface area contributed by atoms with Gasteiger partial charge in [-0.1, -0.05) is 20.8 Å². The van der Waals surface area contributed by atoms with Crippen molar-refractivity contribution in [1.29, 1.82) is 0 Å². The summed E-state index contributed by atoms with van der Waals surface area (Å²) in [6.07, 6.45) is 2.09. The lowest BCUT2D eigenvalue weighted by molar-refractivity contribution is 0.0216. The van der Waals surface area contributed by atoms with Crippen LogP contribution in [0.2, 0.25) is 0 Å². The minimum atomic E-state index is -3.31. The summed E-state index contributed by atoms with van der Waals surface area (Å²) >= 11 is 1.55. The van der Waals surface area contributed by atoms with Crippen LogP contribution in [-0.4, -0.2) is 74.4 Å². The third-order valence-electron chi connectivity index (χ3n) is 7.99. The zero-order valence-electron chi connectivity index (χ0n) is 23.0. The highest BCUT2D eigenvalue weighted by Gasteiger charge is 2.43. The molecular formula is C27H38N6O4S2. The zero-order chi connectivity index (χ0) is 28.1. The summed E-state index contributed by atoms with van der Waals surface area (Å²) in [4.78, 5) is 19.2. The number of aromatic nitrogens is 4. The summed E-state index contributed by atoms with van der Waals surface area (Å²) in [5.41, 5.74) is 3.39. The molecule has 2 aliphatic carbocycles. The lowest BCUT2D eigenvalue weighted by Gasteiger charge is -2.23. The fourth-order valence-electron chi connectivity index (χ4n) is 5.06. The van der Waals surface area contributed by atoms with Gasteiger partial charge in [0.25, 0.3) is 0 Å². The Kier molecular flexibility index (Phi) is 7.84. The van der Waals surface area contributed by atoms with Gasteiger partial charge in [-0.05, 0) is 45.1 Å². The van der Waals surface area contributed by atoms with Crippen molar-refractivity contribution in [2.45, 2.75) is 84.1 Å². The predicted octanol–water partition coefficient (Wildman–Crippen LogP) is 3.75. The Morgan fingerprint density at radius 2 is 1.87 bits per heavy atom. The molecule has 12 heteroatoms. The van der Waals surface area contributed by atoms with Gasteiger partial charge in [-0.2, -0.15) is 4.98 Å². The number of thiazole rings is 1. The van der Waals surface area contributed by atoms with E-state index in [1.165, 1.54) is 0 Å². The first-order valence-electron chi connectivity index (χ1n) is 13.7. The average Bonchev–Trinajstić information content (AvgIpc) is 3.58. The van der Waals surface area contributed by atoms with Gasteiger partial charge in [-0.25, -0.2) is 18.4 Å². The Morgan fingerprint density at radius 1 is 1.13 bits per heavy atom. The third kappa shape index (κ3) is 5.89. The van der Waals surface area contributed by atoms with Crippen LogP contribution in [0.25, 0.3) is 20.8 Å². The van der Waals surface area contributed by atoms with Crippen LogP contribution in [0.3, 0.4) is 0 Å². The molecule has 212 valence electrons. The number of aryl methyl sites for hydroxylation is 1. The summed E-state index contributed by atoms with van der Waals surface area (Å²) in [6, 6.07) is 1.51. The molecule has 3 heterocycles. The molecule has 5 rings (SSSR count). The number of aliphatic hydroxyl groups is 2. The summed E-state index contributed by atoms with van der Waals surface area (Å²) in [6.45, 7) is 9.81. The Hall–Kier alpha value is -2.41. The summed E-state index contributed by atoms with van der Waals surface area (Å²) in [5.74, 6) is 1.03. The molecule has 0 saturated heterocycles. The number of aliphatic hydroxyl groups excluding tert-OH is 2. The van der Waals surface area contributed by atoms with E-state index in [-0.39, 0.29) is 17.5 Å². The largest absolute Gasteiger partial charge is 0.390 e. The molecule has 0 aromatic carbocycles. The monoisotopic (exact) mass is 574 g/mol. The molecule has 39 heavy (non-hydrogen) atoms. The van der Waals surface area contributed by atoms with Gasteiger partial charge in [0.15, 0.2) is 0 Å². The van der Waals surface area contributed by atoms with Crippen LogP contribution >= 0.6 is 11.3 Å². The fourth-order valence-corrected chi connectivity index (χ4v) is 7.35. The number of sulfone groups is 1. The van der Waals surface area contributed by atoms with Crippen molar-refractivity contribution in [3.63, 3.8) is 0 Å². The average molecular weight is 575 g/mol. The van der Waals surface area contributed by atoms with Gasteiger partial charge in [0.2, 0.25) is 5.95 Å². The van der Waals surface area contributed by atoms with Crippen LogP contribution in [0.1, 0.15) is 64.3 Å². The number of anilines is 2. The van der Waals surface area contributed by atoms with Crippen molar-refractivity contribution in [3.05, 3.63) is 23.7 Å². The van der Waals surface area contributed by atoms with Gasteiger partial charge >= 0.3 is 0 Å². The normalized spacial score (nSPS) is 24.4. The van der Waals surface area contributed by atoms with Gasteiger partial charge < -0.3 is 20.8 Å². The maximum atomic E-state index is 12.3. The van der Waals surface area contributed by atoms with E-state index in [0.29, 0.717) is 30.0 Å². The molecule has 0 unspecified atom stereocenters. The van der Waals surface area contributed by atoms with E-state index in [9.17, 15) is 18.6 Å².